The third-order valence-corrected chi connectivity index (χ3v) is 2.43. The molecule has 1 rings (SSSR count). The second-order valence-electron chi connectivity index (χ2n) is 5.08. The monoisotopic (exact) mass is 265 g/mol. The number of amides is 1. The van der Waals surface area contributed by atoms with E-state index in [2.05, 4.69) is 5.32 Å². The Kier molecular flexibility index (Phi) is 4.53. The first-order chi connectivity index (χ1) is 8.72. The lowest BCUT2D eigenvalue weighted by molar-refractivity contribution is -0.143. The van der Waals surface area contributed by atoms with Crippen LogP contribution in [0.2, 0.25) is 0 Å². The minimum absolute atomic E-state index is 0.00812. The molecule has 0 spiro atoms. The van der Waals surface area contributed by atoms with Crippen molar-refractivity contribution in [2.24, 2.45) is 0 Å². The van der Waals surface area contributed by atoms with Crippen LogP contribution in [0.1, 0.15) is 38.1 Å². The Morgan fingerprint density at radius 1 is 1.32 bits per heavy atom. The quantitative estimate of drug-likeness (QED) is 0.854. The Balaban J connectivity index is 2.86. The molecule has 0 unspecified atom stereocenters. The second-order valence-corrected chi connectivity index (χ2v) is 5.08. The molecule has 0 aliphatic rings. The van der Waals surface area contributed by atoms with Gasteiger partial charge >= 0.3 is 5.97 Å². The van der Waals surface area contributed by atoms with Gasteiger partial charge in [0.15, 0.2) is 0 Å². The average Bonchev–Trinajstić information content (AvgIpc) is 2.27. The molecule has 0 aliphatic carbocycles. The van der Waals surface area contributed by atoms with E-state index in [-0.39, 0.29) is 6.10 Å². The van der Waals surface area contributed by atoms with E-state index in [1.807, 2.05) is 13.8 Å². The van der Waals surface area contributed by atoms with Crippen molar-refractivity contribution in [1.82, 2.24) is 5.32 Å². The van der Waals surface area contributed by atoms with Gasteiger partial charge < -0.3 is 15.2 Å². The third-order valence-electron chi connectivity index (χ3n) is 2.43. The molecule has 19 heavy (non-hydrogen) atoms. The Labute approximate surface area is 112 Å². The molecule has 2 N–H and O–H groups in total. The molecule has 0 saturated carbocycles. The lowest BCUT2D eigenvalue weighted by Crippen LogP contribution is -2.49. The number of benzene rings is 1. The first-order valence-corrected chi connectivity index (χ1v) is 6.05. The van der Waals surface area contributed by atoms with Gasteiger partial charge in [0.1, 0.15) is 11.3 Å². The first kappa shape index (κ1) is 15.0. The van der Waals surface area contributed by atoms with Crippen molar-refractivity contribution < 1.29 is 19.4 Å². The van der Waals surface area contributed by atoms with E-state index in [9.17, 15) is 9.59 Å². The Morgan fingerprint density at radius 3 is 2.47 bits per heavy atom. The standard InChI is InChI=1S/C14H19NO4/c1-9(2)19-11-7-5-6-10(8-11)12(16)15-14(3,4)13(17)18/h5-9H,1-4H3,(H,15,16)(H,17,18). The van der Waals surface area contributed by atoms with Gasteiger partial charge in [-0.05, 0) is 45.9 Å². The normalized spacial score (nSPS) is 11.2. The molecule has 1 aromatic carbocycles. The molecule has 1 aromatic rings. The molecule has 0 heterocycles. The molecule has 104 valence electrons. The van der Waals surface area contributed by atoms with Crippen LogP contribution in [-0.2, 0) is 4.79 Å². The highest BCUT2D eigenvalue weighted by atomic mass is 16.5. The Morgan fingerprint density at radius 2 is 1.95 bits per heavy atom. The fraction of sp³-hybridized carbons (Fsp3) is 0.429. The van der Waals surface area contributed by atoms with E-state index in [4.69, 9.17) is 9.84 Å². The van der Waals surface area contributed by atoms with Gasteiger partial charge in [0.05, 0.1) is 6.10 Å². The molecule has 0 atom stereocenters. The zero-order chi connectivity index (χ0) is 14.6. The maximum absolute atomic E-state index is 12.0. The van der Waals surface area contributed by atoms with Crippen molar-refractivity contribution in [2.45, 2.75) is 39.3 Å². The highest BCUT2D eigenvalue weighted by Gasteiger charge is 2.29. The fourth-order valence-corrected chi connectivity index (χ4v) is 1.39. The summed E-state index contributed by atoms with van der Waals surface area (Å²) in [6.07, 6.45) is 0.00812. The van der Waals surface area contributed by atoms with Gasteiger partial charge in [-0.2, -0.15) is 0 Å². The molecule has 5 heteroatoms. The number of rotatable bonds is 5. The van der Waals surface area contributed by atoms with Crippen LogP contribution < -0.4 is 10.1 Å². The second kappa shape index (κ2) is 5.73. The van der Waals surface area contributed by atoms with E-state index < -0.39 is 17.4 Å². The van der Waals surface area contributed by atoms with Gasteiger partial charge in [-0.1, -0.05) is 6.07 Å². The number of ether oxygens (including phenoxy) is 1. The van der Waals surface area contributed by atoms with Crippen molar-refractivity contribution in [3.63, 3.8) is 0 Å². The predicted molar refractivity (Wildman–Crippen MR) is 71.4 cm³/mol. The van der Waals surface area contributed by atoms with Crippen LogP contribution in [0.3, 0.4) is 0 Å². The minimum atomic E-state index is -1.31. The Bertz CT molecular complexity index is 480. The average molecular weight is 265 g/mol. The van der Waals surface area contributed by atoms with Crippen LogP contribution in [0, 0.1) is 0 Å². The summed E-state index contributed by atoms with van der Waals surface area (Å²) in [4.78, 5) is 22.9. The summed E-state index contributed by atoms with van der Waals surface area (Å²) in [7, 11) is 0. The van der Waals surface area contributed by atoms with Crippen LogP contribution >= 0.6 is 0 Å². The summed E-state index contributed by atoms with van der Waals surface area (Å²) in [5.74, 6) is -0.951. The molecule has 0 fully saturated rings. The number of aliphatic carboxylic acids is 1. The number of nitrogens with one attached hydrogen (secondary N) is 1. The molecule has 0 radical (unpaired) electrons. The lowest BCUT2D eigenvalue weighted by atomic mass is 10.1. The summed E-state index contributed by atoms with van der Waals surface area (Å²) in [5, 5.41) is 11.4. The van der Waals surface area contributed by atoms with Crippen molar-refractivity contribution in [3.8, 4) is 5.75 Å². The van der Waals surface area contributed by atoms with Crippen molar-refractivity contribution in [1.29, 1.82) is 0 Å². The summed E-state index contributed by atoms with van der Waals surface area (Å²) in [6, 6.07) is 6.65. The zero-order valence-electron chi connectivity index (χ0n) is 11.6. The molecular weight excluding hydrogens is 246 g/mol. The summed E-state index contributed by atoms with van der Waals surface area (Å²) >= 11 is 0. The molecular formula is C14H19NO4. The molecule has 1 amide bonds. The SMILES string of the molecule is CC(C)Oc1cccc(C(=O)NC(C)(C)C(=O)O)c1. The maximum Gasteiger partial charge on any atom is 0.328 e. The predicted octanol–water partition coefficient (Wildman–Crippen LogP) is 2.07. The van der Waals surface area contributed by atoms with Crippen LogP contribution in [0.5, 0.6) is 5.75 Å². The molecule has 0 aliphatic heterocycles. The highest BCUT2D eigenvalue weighted by Crippen LogP contribution is 2.15. The summed E-state index contributed by atoms with van der Waals surface area (Å²) in [6.45, 7) is 6.64. The van der Waals surface area contributed by atoms with Crippen molar-refractivity contribution in [2.75, 3.05) is 0 Å². The van der Waals surface area contributed by atoms with E-state index in [1.165, 1.54) is 13.8 Å². The van der Waals surface area contributed by atoms with Crippen LogP contribution in [0.4, 0.5) is 0 Å². The molecule has 0 aromatic heterocycles. The smallest absolute Gasteiger partial charge is 0.328 e. The number of carbonyl (C=O) groups is 2. The first-order valence-electron chi connectivity index (χ1n) is 6.05. The van der Waals surface area contributed by atoms with Gasteiger partial charge in [0.2, 0.25) is 0 Å². The fourth-order valence-electron chi connectivity index (χ4n) is 1.39. The van der Waals surface area contributed by atoms with Gasteiger partial charge in [0, 0.05) is 5.56 Å². The van der Waals surface area contributed by atoms with Crippen molar-refractivity contribution >= 4 is 11.9 Å². The number of carboxylic acid groups (broad SMARTS) is 1. The van der Waals surface area contributed by atoms with E-state index in [0.717, 1.165) is 0 Å². The lowest BCUT2D eigenvalue weighted by Gasteiger charge is -2.21. The molecule has 5 nitrogen and oxygen atoms in total. The van der Waals surface area contributed by atoms with Crippen LogP contribution in [0.25, 0.3) is 0 Å². The summed E-state index contributed by atoms with van der Waals surface area (Å²) < 4.78 is 5.49. The largest absolute Gasteiger partial charge is 0.491 e. The van der Waals surface area contributed by atoms with Crippen molar-refractivity contribution in [3.05, 3.63) is 29.8 Å². The van der Waals surface area contributed by atoms with Crippen LogP contribution in [0.15, 0.2) is 24.3 Å². The minimum Gasteiger partial charge on any atom is -0.491 e. The van der Waals surface area contributed by atoms with Gasteiger partial charge in [-0.3, -0.25) is 4.79 Å². The number of hydrogen-bond acceptors (Lipinski definition) is 3. The maximum atomic E-state index is 12.0. The summed E-state index contributed by atoms with van der Waals surface area (Å²) in [5.41, 5.74) is -0.945. The van der Waals surface area contributed by atoms with Gasteiger partial charge in [0.25, 0.3) is 5.91 Å². The number of hydrogen-bond donors (Lipinski definition) is 2. The molecule has 0 bridgehead atoms. The highest BCUT2D eigenvalue weighted by molar-refractivity contribution is 5.97. The Hall–Kier alpha value is -2.04. The van der Waals surface area contributed by atoms with Crippen LogP contribution in [-0.4, -0.2) is 28.6 Å². The van der Waals surface area contributed by atoms with E-state index in [1.54, 1.807) is 24.3 Å². The zero-order valence-corrected chi connectivity index (χ0v) is 11.6. The third kappa shape index (κ3) is 4.28. The topological polar surface area (TPSA) is 75.6 Å². The van der Waals surface area contributed by atoms with Gasteiger partial charge in [-0.25, -0.2) is 4.79 Å². The van der Waals surface area contributed by atoms with Gasteiger partial charge in [-0.15, -0.1) is 0 Å². The number of carbonyl (C=O) groups excluding carboxylic acids is 1. The number of carboxylic acids is 1. The molecule has 0 saturated heterocycles. The van der Waals surface area contributed by atoms with E-state index in [0.29, 0.717) is 11.3 Å². The van der Waals surface area contributed by atoms with E-state index >= 15 is 0 Å².